The Hall–Kier alpha value is -1.16. The Balaban J connectivity index is 2.46. The highest BCUT2D eigenvalue weighted by atomic mass is 32.2. The van der Waals surface area contributed by atoms with Gasteiger partial charge in [0.1, 0.15) is 5.82 Å². The molecule has 0 saturated heterocycles. The van der Waals surface area contributed by atoms with E-state index in [0.717, 1.165) is 23.4 Å². The van der Waals surface area contributed by atoms with Crippen LogP contribution in [0.25, 0.3) is 11.0 Å². The molecule has 3 nitrogen and oxygen atoms in total. The van der Waals surface area contributed by atoms with Crippen molar-refractivity contribution in [1.82, 2.24) is 9.55 Å². The summed E-state index contributed by atoms with van der Waals surface area (Å²) in [5.41, 5.74) is 8.83. The first kappa shape index (κ1) is 13.3. The molecule has 98 valence electrons. The Kier molecular flexibility index (Phi) is 4.17. The number of thioether (sulfide) groups is 1. The lowest BCUT2D eigenvalue weighted by Crippen LogP contribution is -2.09. The van der Waals surface area contributed by atoms with Crippen LogP contribution in [-0.2, 0) is 6.42 Å². The smallest absolute Gasteiger partial charge is 0.109 e. The summed E-state index contributed by atoms with van der Waals surface area (Å²) in [5, 5.41) is 0. The Bertz CT molecular complexity index is 533. The molecule has 0 bridgehead atoms. The molecule has 1 aromatic heterocycles. The van der Waals surface area contributed by atoms with Crippen molar-refractivity contribution in [1.29, 1.82) is 0 Å². The van der Waals surface area contributed by atoms with Gasteiger partial charge in [0.25, 0.3) is 0 Å². The summed E-state index contributed by atoms with van der Waals surface area (Å²) in [6, 6.07) is 6.50. The van der Waals surface area contributed by atoms with Crippen molar-refractivity contribution in [2.75, 3.05) is 17.7 Å². The van der Waals surface area contributed by atoms with E-state index in [1.165, 1.54) is 17.7 Å². The zero-order chi connectivity index (χ0) is 13.1. The monoisotopic (exact) mass is 263 g/mol. The van der Waals surface area contributed by atoms with Gasteiger partial charge in [-0.25, -0.2) is 4.98 Å². The van der Waals surface area contributed by atoms with Crippen LogP contribution in [0.4, 0.5) is 5.69 Å². The first-order valence-corrected chi connectivity index (χ1v) is 7.82. The molecule has 1 aromatic carbocycles. The van der Waals surface area contributed by atoms with E-state index in [-0.39, 0.29) is 0 Å². The minimum Gasteiger partial charge on any atom is -0.399 e. The van der Waals surface area contributed by atoms with E-state index in [0.29, 0.717) is 6.04 Å². The molecule has 1 heterocycles. The summed E-state index contributed by atoms with van der Waals surface area (Å²) in [5.74, 6) is 2.34. The predicted molar refractivity (Wildman–Crippen MR) is 81.2 cm³/mol. The standard InChI is InChI=1S/C14H21N3S/c1-4-14-16-12-9-11(15)5-6-13(12)17(14)10(2)7-8-18-3/h5-6,9-10H,4,7-8,15H2,1-3H3. The molecule has 0 aliphatic heterocycles. The second-order valence-electron chi connectivity index (χ2n) is 4.63. The third-order valence-electron chi connectivity index (χ3n) is 3.28. The Morgan fingerprint density at radius 1 is 1.44 bits per heavy atom. The molecule has 2 rings (SSSR count). The molecule has 2 aromatic rings. The van der Waals surface area contributed by atoms with Gasteiger partial charge in [-0.05, 0) is 43.6 Å². The van der Waals surface area contributed by atoms with Crippen molar-refractivity contribution in [3.8, 4) is 0 Å². The van der Waals surface area contributed by atoms with Gasteiger partial charge in [0.05, 0.1) is 11.0 Å². The van der Waals surface area contributed by atoms with Gasteiger partial charge in [-0.3, -0.25) is 0 Å². The molecular formula is C14H21N3S. The third kappa shape index (κ3) is 2.48. The van der Waals surface area contributed by atoms with Gasteiger partial charge < -0.3 is 10.3 Å². The highest BCUT2D eigenvalue weighted by molar-refractivity contribution is 7.98. The van der Waals surface area contributed by atoms with Crippen molar-refractivity contribution in [2.45, 2.75) is 32.7 Å². The highest BCUT2D eigenvalue weighted by Crippen LogP contribution is 2.25. The number of nitrogens with two attached hydrogens (primary N) is 1. The molecule has 1 unspecified atom stereocenters. The number of anilines is 1. The first-order valence-electron chi connectivity index (χ1n) is 6.42. The fourth-order valence-corrected chi connectivity index (χ4v) is 2.90. The number of hydrogen-bond acceptors (Lipinski definition) is 3. The molecule has 0 aliphatic rings. The maximum absolute atomic E-state index is 5.83. The van der Waals surface area contributed by atoms with Gasteiger partial charge in [0.2, 0.25) is 0 Å². The van der Waals surface area contributed by atoms with Crippen molar-refractivity contribution < 1.29 is 0 Å². The summed E-state index contributed by atoms with van der Waals surface area (Å²) in [4.78, 5) is 4.70. The quantitative estimate of drug-likeness (QED) is 0.840. The maximum atomic E-state index is 5.83. The predicted octanol–water partition coefficient (Wildman–Crippen LogP) is 3.50. The number of benzene rings is 1. The topological polar surface area (TPSA) is 43.8 Å². The van der Waals surface area contributed by atoms with Gasteiger partial charge in [-0.2, -0.15) is 11.8 Å². The Morgan fingerprint density at radius 2 is 2.22 bits per heavy atom. The van der Waals surface area contributed by atoms with E-state index >= 15 is 0 Å². The summed E-state index contributed by atoms with van der Waals surface area (Å²) in [6.45, 7) is 4.43. The van der Waals surface area contributed by atoms with E-state index in [1.54, 1.807) is 0 Å². The fraction of sp³-hybridized carbons (Fsp3) is 0.500. The van der Waals surface area contributed by atoms with Crippen LogP contribution in [0.3, 0.4) is 0 Å². The SMILES string of the molecule is CCc1nc2cc(N)ccc2n1C(C)CCSC. The molecule has 0 saturated carbocycles. The number of imidazole rings is 1. The molecular weight excluding hydrogens is 242 g/mol. The van der Waals surface area contributed by atoms with Crippen molar-refractivity contribution in [3.05, 3.63) is 24.0 Å². The van der Waals surface area contributed by atoms with Crippen LogP contribution in [0.15, 0.2) is 18.2 Å². The normalized spacial score (nSPS) is 13.1. The van der Waals surface area contributed by atoms with Crippen LogP contribution in [0.5, 0.6) is 0 Å². The number of aryl methyl sites for hydroxylation is 1. The fourth-order valence-electron chi connectivity index (χ4n) is 2.32. The number of nitrogens with zero attached hydrogens (tertiary/aromatic N) is 2. The lowest BCUT2D eigenvalue weighted by Gasteiger charge is -2.16. The molecule has 4 heteroatoms. The average Bonchev–Trinajstić information content (AvgIpc) is 2.73. The Morgan fingerprint density at radius 3 is 2.89 bits per heavy atom. The van der Waals surface area contributed by atoms with E-state index in [2.05, 4.69) is 30.7 Å². The zero-order valence-electron chi connectivity index (χ0n) is 11.3. The molecule has 18 heavy (non-hydrogen) atoms. The summed E-state index contributed by atoms with van der Waals surface area (Å²) >= 11 is 1.89. The number of aromatic nitrogens is 2. The van der Waals surface area contributed by atoms with Crippen molar-refractivity contribution >= 4 is 28.5 Å². The van der Waals surface area contributed by atoms with Crippen LogP contribution in [0, 0.1) is 0 Å². The maximum Gasteiger partial charge on any atom is 0.109 e. The van der Waals surface area contributed by atoms with Gasteiger partial charge >= 0.3 is 0 Å². The van der Waals surface area contributed by atoms with E-state index in [4.69, 9.17) is 10.7 Å². The first-order chi connectivity index (χ1) is 8.67. The number of fused-ring (bicyclic) bond motifs is 1. The van der Waals surface area contributed by atoms with Gasteiger partial charge in [-0.1, -0.05) is 6.92 Å². The van der Waals surface area contributed by atoms with Gasteiger partial charge in [0, 0.05) is 18.2 Å². The van der Waals surface area contributed by atoms with Crippen LogP contribution < -0.4 is 5.73 Å². The third-order valence-corrected chi connectivity index (χ3v) is 3.93. The van der Waals surface area contributed by atoms with Gasteiger partial charge in [-0.15, -0.1) is 0 Å². The summed E-state index contributed by atoms with van der Waals surface area (Å²) in [7, 11) is 0. The molecule has 1 atom stereocenters. The minimum atomic E-state index is 0.487. The number of nitrogen functional groups attached to an aromatic ring is 1. The van der Waals surface area contributed by atoms with Crippen LogP contribution in [0.2, 0.25) is 0 Å². The zero-order valence-corrected chi connectivity index (χ0v) is 12.1. The van der Waals surface area contributed by atoms with Crippen LogP contribution in [0.1, 0.15) is 32.1 Å². The summed E-state index contributed by atoms with van der Waals surface area (Å²) < 4.78 is 2.37. The summed E-state index contributed by atoms with van der Waals surface area (Å²) in [6.07, 6.45) is 4.28. The Labute approximate surface area is 113 Å². The second kappa shape index (κ2) is 5.65. The largest absolute Gasteiger partial charge is 0.399 e. The van der Waals surface area contributed by atoms with Crippen molar-refractivity contribution in [2.24, 2.45) is 0 Å². The highest BCUT2D eigenvalue weighted by Gasteiger charge is 2.14. The second-order valence-corrected chi connectivity index (χ2v) is 5.62. The number of hydrogen-bond donors (Lipinski definition) is 1. The average molecular weight is 263 g/mol. The molecule has 0 amide bonds. The molecule has 0 spiro atoms. The number of rotatable bonds is 5. The molecule has 0 fully saturated rings. The van der Waals surface area contributed by atoms with E-state index in [1.807, 2.05) is 23.9 Å². The van der Waals surface area contributed by atoms with Crippen LogP contribution in [-0.4, -0.2) is 21.6 Å². The molecule has 2 N–H and O–H groups in total. The van der Waals surface area contributed by atoms with Crippen LogP contribution >= 0.6 is 11.8 Å². The molecule has 0 radical (unpaired) electrons. The lowest BCUT2D eigenvalue weighted by molar-refractivity contribution is 0.528. The van der Waals surface area contributed by atoms with E-state index in [9.17, 15) is 0 Å². The van der Waals surface area contributed by atoms with E-state index < -0.39 is 0 Å². The van der Waals surface area contributed by atoms with Gasteiger partial charge in [0.15, 0.2) is 0 Å². The minimum absolute atomic E-state index is 0.487. The lowest BCUT2D eigenvalue weighted by atomic mass is 10.2. The molecule has 0 aliphatic carbocycles. The van der Waals surface area contributed by atoms with Crippen molar-refractivity contribution in [3.63, 3.8) is 0 Å².